The van der Waals surface area contributed by atoms with Crippen molar-refractivity contribution in [1.82, 2.24) is 10.2 Å². The van der Waals surface area contributed by atoms with Gasteiger partial charge in [-0.15, -0.1) is 0 Å². The Balaban J connectivity index is 1.95. The number of nitrogens with one attached hydrogen (secondary N) is 1. The van der Waals surface area contributed by atoms with E-state index in [9.17, 15) is 0 Å². The molecule has 1 fully saturated rings. The first-order valence-electron chi connectivity index (χ1n) is 8.71. The van der Waals surface area contributed by atoms with Gasteiger partial charge in [-0.05, 0) is 49.8 Å². The molecule has 21 heavy (non-hydrogen) atoms. The second-order valence-corrected chi connectivity index (χ2v) is 6.61. The quantitative estimate of drug-likeness (QED) is 0.810. The molecule has 0 radical (unpaired) electrons. The van der Waals surface area contributed by atoms with E-state index in [2.05, 4.69) is 62.2 Å². The Bertz CT molecular complexity index is 412. The van der Waals surface area contributed by atoms with E-state index in [1.54, 1.807) is 0 Å². The van der Waals surface area contributed by atoms with E-state index >= 15 is 0 Å². The van der Waals surface area contributed by atoms with E-state index in [1.165, 1.54) is 30.4 Å². The minimum atomic E-state index is 0.591. The third-order valence-corrected chi connectivity index (χ3v) is 5.04. The lowest BCUT2D eigenvalue weighted by atomic mass is 9.99. The maximum atomic E-state index is 3.43. The molecule has 1 N–H and O–H groups in total. The van der Waals surface area contributed by atoms with Gasteiger partial charge < -0.3 is 5.32 Å². The van der Waals surface area contributed by atoms with Crippen LogP contribution in [0.4, 0.5) is 0 Å². The van der Waals surface area contributed by atoms with Crippen molar-refractivity contribution in [3.63, 3.8) is 0 Å². The highest BCUT2D eigenvalue weighted by molar-refractivity contribution is 5.25. The zero-order valence-corrected chi connectivity index (χ0v) is 14.2. The van der Waals surface area contributed by atoms with Crippen LogP contribution < -0.4 is 5.32 Å². The molecular formula is C19H32N2. The van der Waals surface area contributed by atoms with E-state index in [1.807, 2.05) is 0 Å². The fraction of sp³-hybridized carbons (Fsp3) is 0.684. The van der Waals surface area contributed by atoms with Crippen LogP contribution in [0.25, 0.3) is 0 Å². The zero-order valence-electron chi connectivity index (χ0n) is 14.2. The first-order chi connectivity index (χ1) is 10.2. The Kier molecular flexibility index (Phi) is 6.25. The summed E-state index contributed by atoms with van der Waals surface area (Å²) < 4.78 is 0. The predicted molar refractivity (Wildman–Crippen MR) is 91.7 cm³/mol. The molecule has 2 heteroatoms. The van der Waals surface area contributed by atoms with Gasteiger partial charge in [0.05, 0.1) is 0 Å². The fourth-order valence-corrected chi connectivity index (χ4v) is 3.49. The van der Waals surface area contributed by atoms with Gasteiger partial charge in [-0.1, -0.05) is 45.0 Å². The van der Waals surface area contributed by atoms with Crippen molar-refractivity contribution >= 4 is 0 Å². The van der Waals surface area contributed by atoms with Crippen LogP contribution in [0.5, 0.6) is 0 Å². The average molecular weight is 288 g/mol. The number of nitrogens with zero attached hydrogens (tertiary/aromatic N) is 1. The molecule has 1 aromatic carbocycles. The number of rotatable bonds is 7. The molecule has 2 nitrogen and oxygen atoms in total. The molecule has 1 heterocycles. The molecule has 3 unspecified atom stereocenters. The minimum absolute atomic E-state index is 0.591. The summed E-state index contributed by atoms with van der Waals surface area (Å²) in [6.07, 6.45) is 4.01. The van der Waals surface area contributed by atoms with Crippen molar-refractivity contribution in [3.05, 3.63) is 35.4 Å². The largest absolute Gasteiger partial charge is 0.316 e. The highest BCUT2D eigenvalue weighted by Gasteiger charge is 2.28. The van der Waals surface area contributed by atoms with Crippen molar-refractivity contribution in [3.8, 4) is 0 Å². The van der Waals surface area contributed by atoms with Crippen LogP contribution in [0.1, 0.15) is 64.0 Å². The van der Waals surface area contributed by atoms with Gasteiger partial charge in [-0.2, -0.15) is 0 Å². The summed E-state index contributed by atoms with van der Waals surface area (Å²) in [4.78, 5) is 2.69. The predicted octanol–water partition coefficient (Wildman–Crippen LogP) is 4.16. The van der Waals surface area contributed by atoms with Gasteiger partial charge in [0.25, 0.3) is 0 Å². The van der Waals surface area contributed by atoms with Crippen molar-refractivity contribution in [2.24, 2.45) is 0 Å². The van der Waals surface area contributed by atoms with Crippen LogP contribution in [-0.4, -0.2) is 30.1 Å². The van der Waals surface area contributed by atoms with E-state index < -0.39 is 0 Å². The number of likely N-dealkylation sites (N-methyl/N-ethyl adjacent to an activating group) is 1. The molecular weight excluding hydrogens is 256 g/mol. The first kappa shape index (κ1) is 16.5. The van der Waals surface area contributed by atoms with E-state index in [0.717, 1.165) is 31.7 Å². The average Bonchev–Trinajstić information content (AvgIpc) is 2.86. The smallest absolute Gasteiger partial charge is 0.0239 e. The summed E-state index contributed by atoms with van der Waals surface area (Å²) in [6.45, 7) is 12.4. The van der Waals surface area contributed by atoms with Gasteiger partial charge in [0.15, 0.2) is 0 Å². The maximum absolute atomic E-state index is 3.43. The number of hydrogen-bond donors (Lipinski definition) is 1. The third kappa shape index (κ3) is 4.31. The second-order valence-electron chi connectivity index (χ2n) is 6.61. The lowest BCUT2D eigenvalue weighted by Crippen LogP contribution is -2.33. The first-order valence-corrected chi connectivity index (χ1v) is 8.71. The Hall–Kier alpha value is -0.860. The molecule has 0 aliphatic carbocycles. The molecule has 2 rings (SSSR count). The molecule has 0 saturated carbocycles. The van der Waals surface area contributed by atoms with Gasteiger partial charge in [0.2, 0.25) is 0 Å². The number of hydrogen-bond acceptors (Lipinski definition) is 2. The summed E-state index contributed by atoms with van der Waals surface area (Å²) in [5.74, 6) is 0.591. The Morgan fingerprint density at radius 2 is 1.90 bits per heavy atom. The van der Waals surface area contributed by atoms with E-state index in [-0.39, 0.29) is 0 Å². The zero-order chi connectivity index (χ0) is 15.2. The van der Waals surface area contributed by atoms with Gasteiger partial charge >= 0.3 is 0 Å². The molecule has 0 bridgehead atoms. The normalized spacial score (nSPS) is 24.4. The summed E-state index contributed by atoms with van der Waals surface area (Å²) in [7, 11) is 0. The molecule has 1 aliphatic rings. The monoisotopic (exact) mass is 288 g/mol. The van der Waals surface area contributed by atoms with Gasteiger partial charge in [-0.3, -0.25) is 4.90 Å². The molecule has 0 amide bonds. The van der Waals surface area contributed by atoms with Crippen LogP contribution >= 0.6 is 0 Å². The van der Waals surface area contributed by atoms with E-state index in [0.29, 0.717) is 5.92 Å². The lowest BCUT2D eigenvalue weighted by Gasteiger charge is -2.27. The van der Waals surface area contributed by atoms with Crippen molar-refractivity contribution in [2.45, 2.75) is 71.5 Å². The molecule has 1 saturated heterocycles. The third-order valence-electron chi connectivity index (χ3n) is 5.04. The van der Waals surface area contributed by atoms with Crippen LogP contribution in [-0.2, 0) is 6.54 Å². The van der Waals surface area contributed by atoms with Gasteiger partial charge in [-0.25, -0.2) is 0 Å². The standard InChI is InChI=1S/C19H32N2/c1-5-19-12-7-16(4)21(19)14-17-8-10-18(11-9-17)15(3)13-20-6-2/h8-11,15-16,19-20H,5-7,12-14H2,1-4H3. The molecule has 0 spiro atoms. The molecule has 1 aromatic rings. The molecule has 3 atom stereocenters. The van der Waals surface area contributed by atoms with Gasteiger partial charge in [0, 0.05) is 25.2 Å². The second kappa shape index (κ2) is 7.95. The van der Waals surface area contributed by atoms with Crippen LogP contribution in [0.15, 0.2) is 24.3 Å². The Labute approximate surface area is 130 Å². The number of benzene rings is 1. The Morgan fingerprint density at radius 3 is 2.52 bits per heavy atom. The van der Waals surface area contributed by atoms with E-state index in [4.69, 9.17) is 0 Å². The summed E-state index contributed by atoms with van der Waals surface area (Å²) in [5, 5.41) is 3.43. The highest BCUT2D eigenvalue weighted by Crippen LogP contribution is 2.28. The van der Waals surface area contributed by atoms with Crippen LogP contribution in [0.2, 0.25) is 0 Å². The Morgan fingerprint density at radius 1 is 1.19 bits per heavy atom. The molecule has 0 aromatic heterocycles. The van der Waals surface area contributed by atoms with Crippen molar-refractivity contribution < 1.29 is 0 Å². The summed E-state index contributed by atoms with van der Waals surface area (Å²) in [5.41, 5.74) is 2.91. The van der Waals surface area contributed by atoms with Crippen LogP contribution in [0, 0.1) is 0 Å². The highest BCUT2D eigenvalue weighted by atomic mass is 15.2. The van der Waals surface area contributed by atoms with Crippen molar-refractivity contribution in [1.29, 1.82) is 0 Å². The SMILES string of the molecule is CCNCC(C)c1ccc(CN2C(C)CCC2CC)cc1. The molecule has 118 valence electrons. The minimum Gasteiger partial charge on any atom is -0.316 e. The summed E-state index contributed by atoms with van der Waals surface area (Å²) in [6, 6.07) is 10.8. The van der Waals surface area contributed by atoms with Crippen LogP contribution in [0.3, 0.4) is 0 Å². The topological polar surface area (TPSA) is 15.3 Å². The molecule has 1 aliphatic heterocycles. The fourth-order valence-electron chi connectivity index (χ4n) is 3.49. The van der Waals surface area contributed by atoms with Gasteiger partial charge in [0.1, 0.15) is 0 Å². The summed E-state index contributed by atoms with van der Waals surface area (Å²) >= 11 is 0. The van der Waals surface area contributed by atoms with Crippen molar-refractivity contribution in [2.75, 3.05) is 13.1 Å². The lowest BCUT2D eigenvalue weighted by molar-refractivity contribution is 0.189. The maximum Gasteiger partial charge on any atom is 0.0239 e. The number of likely N-dealkylation sites (tertiary alicyclic amines) is 1.